The van der Waals surface area contributed by atoms with Crippen molar-refractivity contribution in [3.63, 3.8) is 0 Å². The van der Waals surface area contributed by atoms with E-state index >= 15 is 0 Å². The summed E-state index contributed by atoms with van der Waals surface area (Å²) in [6.07, 6.45) is 1.59. The average Bonchev–Trinajstić information content (AvgIpc) is 3.04. The first-order chi connectivity index (χ1) is 13.5. The SMILES string of the molecule is CCOC(=O)N/N=C1\CCCc2oc(C(=O)Nc3cccc(OC)c3)c(C)c21. The molecule has 1 aromatic carbocycles. The summed E-state index contributed by atoms with van der Waals surface area (Å²) < 4.78 is 15.8. The summed E-state index contributed by atoms with van der Waals surface area (Å²) in [5.41, 5.74) is 5.14. The Labute approximate surface area is 162 Å². The Morgan fingerprint density at radius 1 is 1.29 bits per heavy atom. The molecule has 28 heavy (non-hydrogen) atoms. The van der Waals surface area contributed by atoms with Gasteiger partial charge in [-0.05, 0) is 38.8 Å². The van der Waals surface area contributed by atoms with Crippen LogP contribution in [0.1, 0.15) is 47.2 Å². The molecule has 3 rings (SSSR count). The number of furan rings is 1. The fraction of sp³-hybridized carbons (Fsp3) is 0.350. The number of hydrazone groups is 1. The van der Waals surface area contributed by atoms with Crippen molar-refractivity contribution < 1.29 is 23.5 Å². The molecule has 2 amide bonds. The lowest BCUT2D eigenvalue weighted by atomic mass is 9.93. The van der Waals surface area contributed by atoms with Gasteiger partial charge in [0.25, 0.3) is 5.91 Å². The van der Waals surface area contributed by atoms with Gasteiger partial charge < -0.3 is 19.2 Å². The first-order valence-electron chi connectivity index (χ1n) is 9.10. The number of hydrogen-bond acceptors (Lipinski definition) is 6. The summed E-state index contributed by atoms with van der Waals surface area (Å²) in [6, 6.07) is 7.09. The number of carbonyl (C=O) groups excluding carboxylic acids is 2. The number of rotatable bonds is 5. The minimum absolute atomic E-state index is 0.235. The van der Waals surface area contributed by atoms with E-state index in [9.17, 15) is 9.59 Å². The third-order valence-electron chi connectivity index (χ3n) is 4.42. The molecule has 1 aliphatic rings. The van der Waals surface area contributed by atoms with Crippen LogP contribution in [0.5, 0.6) is 5.75 Å². The van der Waals surface area contributed by atoms with Gasteiger partial charge in [0.05, 0.1) is 19.4 Å². The van der Waals surface area contributed by atoms with E-state index in [1.165, 1.54) is 0 Å². The molecule has 0 saturated heterocycles. The van der Waals surface area contributed by atoms with Gasteiger partial charge in [0, 0.05) is 29.3 Å². The number of anilines is 1. The van der Waals surface area contributed by atoms with Gasteiger partial charge in [-0.3, -0.25) is 4.79 Å². The second-order valence-electron chi connectivity index (χ2n) is 6.28. The van der Waals surface area contributed by atoms with Crippen LogP contribution in [0.15, 0.2) is 33.8 Å². The van der Waals surface area contributed by atoms with Crippen molar-refractivity contribution in [1.29, 1.82) is 0 Å². The number of amides is 2. The summed E-state index contributed by atoms with van der Waals surface area (Å²) in [5, 5.41) is 6.99. The van der Waals surface area contributed by atoms with E-state index in [1.807, 2.05) is 6.92 Å². The molecule has 8 heteroatoms. The zero-order valence-electron chi connectivity index (χ0n) is 16.1. The molecular formula is C20H23N3O5. The smallest absolute Gasteiger partial charge is 0.427 e. The second-order valence-corrected chi connectivity index (χ2v) is 6.28. The summed E-state index contributed by atoms with van der Waals surface area (Å²) in [4.78, 5) is 24.2. The maximum atomic E-state index is 12.7. The quantitative estimate of drug-likeness (QED) is 0.765. The number of carbonyl (C=O) groups is 2. The molecule has 0 spiro atoms. The highest BCUT2D eigenvalue weighted by molar-refractivity contribution is 6.09. The van der Waals surface area contributed by atoms with Crippen LogP contribution in [-0.4, -0.2) is 31.4 Å². The van der Waals surface area contributed by atoms with Gasteiger partial charge in [0.2, 0.25) is 0 Å². The van der Waals surface area contributed by atoms with Crippen LogP contribution in [0.4, 0.5) is 10.5 Å². The molecule has 8 nitrogen and oxygen atoms in total. The highest BCUT2D eigenvalue weighted by atomic mass is 16.5. The van der Waals surface area contributed by atoms with E-state index < -0.39 is 6.09 Å². The maximum Gasteiger partial charge on any atom is 0.427 e. The normalized spacial score (nSPS) is 14.3. The lowest BCUT2D eigenvalue weighted by Gasteiger charge is -2.13. The molecule has 0 fully saturated rings. The van der Waals surface area contributed by atoms with Gasteiger partial charge >= 0.3 is 6.09 Å². The van der Waals surface area contributed by atoms with Gasteiger partial charge in [0.15, 0.2) is 5.76 Å². The van der Waals surface area contributed by atoms with Crippen molar-refractivity contribution in [2.75, 3.05) is 19.0 Å². The molecule has 2 N–H and O–H groups in total. The Morgan fingerprint density at radius 3 is 2.86 bits per heavy atom. The highest BCUT2D eigenvalue weighted by Crippen LogP contribution is 2.30. The highest BCUT2D eigenvalue weighted by Gasteiger charge is 2.28. The number of methoxy groups -OCH3 is 1. The molecule has 1 heterocycles. The van der Waals surface area contributed by atoms with Gasteiger partial charge in [0.1, 0.15) is 11.5 Å². The maximum absolute atomic E-state index is 12.7. The summed E-state index contributed by atoms with van der Waals surface area (Å²) >= 11 is 0. The molecule has 0 aliphatic heterocycles. The van der Waals surface area contributed by atoms with Crippen LogP contribution >= 0.6 is 0 Å². The number of aryl methyl sites for hydroxylation is 1. The number of benzene rings is 1. The fourth-order valence-corrected chi connectivity index (χ4v) is 3.16. The molecule has 0 bridgehead atoms. The topological polar surface area (TPSA) is 102 Å². The van der Waals surface area contributed by atoms with E-state index in [4.69, 9.17) is 13.9 Å². The Morgan fingerprint density at radius 2 is 2.11 bits per heavy atom. The molecule has 1 aromatic heterocycles. The Kier molecular flexibility index (Phi) is 5.98. The van der Waals surface area contributed by atoms with E-state index in [2.05, 4.69) is 15.8 Å². The largest absolute Gasteiger partial charge is 0.497 e. The standard InChI is InChI=1S/C20H23N3O5/c1-4-27-20(25)23-22-15-9-6-10-16-17(15)12(2)18(28-16)19(24)21-13-7-5-8-14(11-13)26-3/h5,7-8,11H,4,6,9-10H2,1-3H3,(H,21,24)(H,23,25)/b22-15+. The Hall–Kier alpha value is -3.29. The zero-order chi connectivity index (χ0) is 20.1. The van der Waals surface area contributed by atoms with E-state index in [0.29, 0.717) is 41.3 Å². The monoisotopic (exact) mass is 385 g/mol. The van der Waals surface area contributed by atoms with E-state index in [1.54, 1.807) is 38.3 Å². The van der Waals surface area contributed by atoms with Crippen molar-refractivity contribution in [1.82, 2.24) is 5.43 Å². The Balaban J connectivity index is 1.83. The molecule has 2 aromatic rings. The number of ether oxygens (including phenoxy) is 2. The molecule has 0 saturated carbocycles. The molecule has 0 atom stereocenters. The van der Waals surface area contributed by atoms with Gasteiger partial charge in [-0.15, -0.1) is 0 Å². The number of fused-ring (bicyclic) bond motifs is 1. The second kappa shape index (κ2) is 8.60. The number of nitrogens with zero attached hydrogens (tertiary/aromatic N) is 1. The van der Waals surface area contributed by atoms with Crippen molar-refractivity contribution in [3.8, 4) is 5.75 Å². The lowest BCUT2D eigenvalue weighted by Crippen LogP contribution is -2.22. The molecule has 0 unspecified atom stereocenters. The average molecular weight is 385 g/mol. The van der Waals surface area contributed by atoms with Crippen LogP contribution in [-0.2, 0) is 11.2 Å². The molecule has 1 aliphatic carbocycles. The number of nitrogens with one attached hydrogen (secondary N) is 2. The third-order valence-corrected chi connectivity index (χ3v) is 4.42. The van der Waals surface area contributed by atoms with Crippen LogP contribution in [0, 0.1) is 6.92 Å². The van der Waals surface area contributed by atoms with Crippen molar-refractivity contribution in [2.24, 2.45) is 5.10 Å². The minimum atomic E-state index is -0.612. The molecular weight excluding hydrogens is 362 g/mol. The third kappa shape index (κ3) is 4.16. The predicted octanol–water partition coefficient (Wildman–Crippen LogP) is 3.64. The summed E-state index contributed by atoms with van der Waals surface area (Å²) in [6.45, 7) is 3.80. The van der Waals surface area contributed by atoms with E-state index in [-0.39, 0.29) is 18.3 Å². The first-order valence-corrected chi connectivity index (χ1v) is 9.10. The van der Waals surface area contributed by atoms with Gasteiger partial charge in [-0.25, -0.2) is 10.2 Å². The fourth-order valence-electron chi connectivity index (χ4n) is 3.16. The van der Waals surface area contributed by atoms with Crippen molar-refractivity contribution in [2.45, 2.75) is 33.1 Å². The van der Waals surface area contributed by atoms with Crippen LogP contribution < -0.4 is 15.5 Å². The van der Waals surface area contributed by atoms with Gasteiger partial charge in [-0.2, -0.15) is 5.10 Å². The van der Waals surface area contributed by atoms with Crippen LogP contribution in [0.2, 0.25) is 0 Å². The lowest BCUT2D eigenvalue weighted by molar-refractivity contribution is 0.0994. The van der Waals surface area contributed by atoms with E-state index in [0.717, 1.165) is 12.0 Å². The van der Waals surface area contributed by atoms with Crippen LogP contribution in [0.25, 0.3) is 0 Å². The molecule has 148 valence electrons. The minimum Gasteiger partial charge on any atom is -0.497 e. The Bertz CT molecular complexity index is 917. The predicted molar refractivity (Wildman–Crippen MR) is 104 cm³/mol. The summed E-state index contributed by atoms with van der Waals surface area (Å²) in [7, 11) is 1.57. The molecule has 0 radical (unpaired) electrons. The van der Waals surface area contributed by atoms with Crippen LogP contribution in [0.3, 0.4) is 0 Å². The summed E-state index contributed by atoms with van der Waals surface area (Å²) in [5.74, 6) is 1.23. The van der Waals surface area contributed by atoms with Crippen molar-refractivity contribution in [3.05, 3.63) is 46.9 Å². The first kappa shape index (κ1) is 19.5. The number of hydrogen-bond donors (Lipinski definition) is 2. The van der Waals surface area contributed by atoms with Gasteiger partial charge in [-0.1, -0.05) is 6.07 Å². The zero-order valence-corrected chi connectivity index (χ0v) is 16.1. The van der Waals surface area contributed by atoms with Crippen molar-refractivity contribution >= 4 is 23.4 Å².